The monoisotopic (exact) mass is 448 g/mol. The van der Waals surface area contributed by atoms with E-state index < -0.39 is 0 Å². The summed E-state index contributed by atoms with van der Waals surface area (Å²) in [5.41, 5.74) is 2.57. The highest BCUT2D eigenvalue weighted by Crippen LogP contribution is 2.22. The minimum Gasteiger partial charge on any atom is -0.493 e. The fraction of sp³-hybridized carbons (Fsp3) is 0.222. The topological polar surface area (TPSA) is 44.8 Å². The molecule has 3 aromatic carbocycles. The molecule has 0 atom stereocenters. The van der Waals surface area contributed by atoms with Gasteiger partial charge >= 0.3 is 5.97 Å². The molecule has 0 aromatic heterocycles. The SMILES string of the molecule is CCOC(=O)Cc1ccc(OCCCOc2ccc(Cl)cc2C#Cc2ccccc2)cc1. The molecule has 0 aliphatic rings. The third-order valence-corrected chi connectivity index (χ3v) is 4.68. The molecule has 0 heterocycles. The number of rotatable bonds is 9. The molecule has 0 aliphatic heterocycles. The largest absolute Gasteiger partial charge is 0.493 e. The molecule has 0 bridgehead atoms. The normalized spacial score (nSPS) is 10.1. The second kappa shape index (κ2) is 12.4. The lowest BCUT2D eigenvalue weighted by Gasteiger charge is -2.10. The fourth-order valence-corrected chi connectivity index (χ4v) is 3.07. The predicted octanol–water partition coefficient (Wildman–Crippen LogP) is 5.69. The van der Waals surface area contributed by atoms with Crippen LogP contribution in [0.15, 0.2) is 72.8 Å². The summed E-state index contributed by atoms with van der Waals surface area (Å²) in [6, 6.07) is 22.7. The second-order valence-electron chi connectivity index (χ2n) is 6.93. The molecule has 0 unspecified atom stereocenters. The summed E-state index contributed by atoms with van der Waals surface area (Å²) < 4.78 is 16.6. The molecule has 4 nitrogen and oxygen atoms in total. The quantitative estimate of drug-likeness (QED) is 0.239. The maximum atomic E-state index is 11.5. The summed E-state index contributed by atoms with van der Waals surface area (Å²) in [7, 11) is 0. The molecule has 0 fully saturated rings. The highest BCUT2D eigenvalue weighted by atomic mass is 35.5. The first-order valence-electron chi connectivity index (χ1n) is 10.5. The zero-order valence-corrected chi connectivity index (χ0v) is 18.7. The lowest BCUT2D eigenvalue weighted by Crippen LogP contribution is -2.07. The standard InChI is InChI=1S/C27H25ClO4/c1-2-30-27(29)19-22-10-14-25(15-11-22)31-17-6-18-32-26-16-13-24(28)20-23(26)12-9-21-7-4-3-5-8-21/h3-5,7-8,10-11,13-16,20H,2,6,17-19H2,1H3. The summed E-state index contributed by atoms with van der Waals surface area (Å²) in [5, 5.41) is 0.615. The lowest BCUT2D eigenvalue weighted by molar-refractivity contribution is -0.142. The van der Waals surface area contributed by atoms with Crippen molar-refractivity contribution in [2.45, 2.75) is 19.8 Å². The van der Waals surface area contributed by atoms with E-state index >= 15 is 0 Å². The van der Waals surface area contributed by atoms with Crippen molar-refractivity contribution >= 4 is 17.6 Å². The Bertz CT molecular complexity index is 1070. The lowest BCUT2D eigenvalue weighted by atomic mass is 10.1. The minimum absolute atomic E-state index is 0.228. The van der Waals surface area contributed by atoms with Crippen molar-refractivity contribution in [3.8, 4) is 23.3 Å². The molecular weight excluding hydrogens is 424 g/mol. The van der Waals surface area contributed by atoms with Gasteiger partial charge in [-0.2, -0.15) is 0 Å². The Balaban J connectivity index is 1.47. The Morgan fingerprint density at radius 1 is 0.906 bits per heavy atom. The molecule has 0 radical (unpaired) electrons. The van der Waals surface area contributed by atoms with Gasteiger partial charge in [0.05, 0.1) is 31.8 Å². The Kier molecular flexibility index (Phi) is 9.04. The van der Waals surface area contributed by atoms with Crippen molar-refractivity contribution in [1.29, 1.82) is 0 Å². The van der Waals surface area contributed by atoms with Crippen LogP contribution in [0.3, 0.4) is 0 Å². The van der Waals surface area contributed by atoms with E-state index in [-0.39, 0.29) is 12.4 Å². The van der Waals surface area contributed by atoms with Gasteiger partial charge in [0.25, 0.3) is 0 Å². The van der Waals surface area contributed by atoms with Gasteiger partial charge in [-0.05, 0) is 55.0 Å². The maximum absolute atomic E-state index is 11.5. The number of benzene rings is 3. The van der Waals surface area contributed by atoms with Gasteiger partial charge in [-0.15, -0.1) is 0 Å². The fourth-order valence-electron chi connectivity index (χ4n) is 2.90. The van der Waals surface area contributed by atoms with E-state index in [0.717, 1.165) is 22.4 Å². The third-order valence-electron chi connectivity index (χ3n) is 4.45. The van der Waals surface area contributed by atoms with Gasteiger partial charge in [0.2, 0.25) is 0 Å². The summed E-state index contributed by atoms with van der Waals surface area (Å²) in [6.07, 6.45) is 0.970. The molecule has 3 rings (SSSR count). The van der Waals surface area contributed by atoms with Crippen molar-refractivity contribution in [2.75, 3.05) is 19.8 Å². The number of esters is 1. The molecule has 164 valence electrons. The van der Waals surface area contributed by atoms with Crippen LogP contribution in [0, 0.1) is 11.8 Å². The Hall–Kier alpha value is -3.42. The third kappa shape index (κ3) is 7.68. The molecule has 0 amide bonds. The molecule has 0 N–H and O–H groups in total. The molecular formula is C27H25ClO4. The van der Waals surface area contributed by atoms with Crippen LogP contribution < -0.4 is 9.47 Å². The van der Waals surface area contributed by atoms with Crippen LogP contribution in [0.1, 0.15) is 30.0 Å². The van der Waals surface area contributed by atoms with Gasteiger partial charge in [0, 0.05) is 17.0 Å². The van der Waals surface area contributed by atoms with Crippen LogP contribution in [0.4, 0.5) is 0 Å². The molecule has 5 heteroatoms. The Morgan fingerprint density at radius 2 is 1.66 bits per heavy atom. The highest BCUT2D eigenvalue weighted by molar-refractivity contribution is 6.30. The smallest absolute Gasteiger partial charge is 0.310 e. The number of hydrogen-bond donors (Lipinski definition) is 0. The predicted molar refractivity (Wildman–Crippen MR) is 126 cm³/mol. The van der Waals surface area contributed by atoms with E-state index in [2.05, 4.69) is 11.8 Å². The van der Waals surface area contributed by atoms with Crippen LogP contribution in [-0.2, 0) is 16.0 Å². The maximum Gasteiger partial charge on any atom is 0.310 e. The van der Waals surface area contributed by atoms with Gasteiger partial charge in [-0.1, -0.05) is 53.8 Å². The van der Waals surface area contributed by atoms with E-state index in [0.29, 0.717) is 37.0 Å². The molecule has 0 saturated carbocycles. The average Bonchev–Trinajstić information content (AvgIpc) is 2.80. The van der Waals surface area contributed by atoms with E-state index in [4.69, 9.17) is 25.8 Å². The van der Waals surface area contributed by atoms with Crippen molar-refractivity contribution in [3.63, 3.8) is 0 Å². The molecule has 0 spiro atoms. The van der Waals surface area contributed by atoms with E-state index in [1.165, 1.54) is 0 Å². The number of ether oxygens (including phenoxy) is 3. The number of hydrogen-bond acceptors (Lipinski definition) is 4. The second-order valence-corrected chi connectivity index (χ2v) is 7.37. The Morgan fingerprint density at radius 3 is 2.41 bits per heavy atom. The zero-order valence-electron chi connectivity index (χ0n) is 18.0. The van der Waals surface area contributed by atoms with Crippen LogP contribution >= 0.6 is 11.6 Å². The molecule has 32 heavy (non-hydrogen) atoms. The first kappa shape index (κ1) is 23.2. The van der Waals surface area contributed by atoms with Crippen LogP contribution in [0.2, 0.25) is 5.02 Å². The first-order valence-corrected chi connectivity index (χ1v) is 10.9. The molecule has 3 aromatic rings. The van der Waals surface area contributed by atoms with Crippen molar-refractivity contribution in [3.05, 3.63) is 94.5 Å². The van der Waals surface area contributed by atoms with Crippen molar-refractivity contribution < 1.29 is 19.0 Å². The summed E-state index contributed by atoms with van der Waals surface area (Å²) in [6.45, 7) is 3.18. The van der Waals surface area contributed by atoms with Crippen LogP contribution in [-0.4, -0.2) is 25.8 Å². The van der Waals surface area contributed by atoms with E-state index in [1.807, 2.05) is 60.7 Å². The van der Waals surface area contributed by atoms with Gasteiger partial charge in [0.1, 0.15) is 11.5 Å². The van der Waals surface area contributed by atoms with Crippen LogP contribution in [0.25, 0.3) is 0 Å². The highest BCUT2D eigenvalue weighted by Gasteiger charge is 2.05. The summed E-state index contributed by atoms with van der Waals surface area (Å²) in [4.78, 5) is 11.5. The number of carbonyl (C=O) groups is 1. The van der Waals surface area contributed by atoms with E-state index in [1.54, 1.807) is 19.1 Å². The van der Waals surface area contributed by atoms with Crippen molar-refractivity contribution in [2.24, 2.45) is 0 Å². The molecule has 0 saturated heterocycles. The average molecular weight is 449 g/mol. The summed E-state index contributed by atoms with van der Waals surface area (Å²) >= 11 is 6.14. The van der Waals surface area contributed by atoms with Crippen molar-refractivity contribution in [1.82, 2.24) is 0 Å². The zero-order chi connectivity index (χ0) is 22.6. The minimum atomic E-state index is -0.228. The van der Waals surface area contributed by atoms with Gasteiger partial charge in [0.15, 0.2) is 0 Å². The van der Waals surface area contributed by atoms with Gasteiger partial charge < -0.3 is 14.2 Å². The molecule has 0 aliphatic carbocycles. The van der Waals surface area contributed by atoms with E-state index in [9.17, 15) is 4.79 Å². The number of carbonyl (C=O) groups excluding carboxylic acids is 1. The Labute approximate surface area is 194 Å². The summed E-state index contributed by atoms with van der Waals surface area (Å²) in [5.74, 6) is 7.49. The first-order chi connectivity index (χ1) is 15.6. The van der Waals surface area contributed by atoms with Gasteiger partial charge in [-0.25, -0.2) is 0 Å². The number of halogens is 1. The van der Waals surface area contributed by atoms with Crippen LogP contribution in [0.5, 0.6) is 11.5 Å². The van der Waals surface area contributed by atoms with Gasteiger partial charge in [-0.3, -0.25) is 4.79 Å².